The second-order valence-corrected chi connectivity index (χ2v) is 8.10. The summed E-state index contributed by atoms with van der Waals surface area (Å²) in [6, 6.07) is 16.9. The molecule has 0 spiro atoms. The Morgan fingerprint density at radius 2 is 1.71 bits per heavy atom. The van der Waals surface area contributed by atoms with Gasteiger partial charge in [-0.15, -0.1) is 0 Å². The summed E-state index contributed by atoms with van der Waals surface area (Å²) in [6.07, 6.45) is 0.513. The lowest BCUT2D eigenvalue weighted by molar-refractivity contribution is -0.0557. The molecular weight excluding hydrogens is 322 g/mol. The van der Waals surface area contributed by atoms with Crippen LogP contribution in [0.5, 0.6) is 0 Å². The monoisotopic (exact) mass is 345 g/mol. The molecule has 0 N–H and O–H groups in total. The van der Waals surface area contributed by atoms with Crippen molar-refractivity contribution in [3.05, 3.63) is 65.7 Å². The summed E-state index contributed by atoms with van der Waals surface area (Å²) in [6.45, 7) is 4.68. The second-order valence-electron chi connectivity index (χ2n) is 6.17. The van der Waals surface area contributed by atoms with E-state index < -0.39 is 10.0 Å². The largest absolute Gasteiger partial charge is 0.368 e. The van der Waals surface area contributed by atoms with E-state index in [1.165, 1.54) is 0 Å². The van der Waals surface area contributed by atoms with Gasteiger partial charge in [-0.1, -0.05) is 49.4 Å². The third kappa shape index (κ3) is 3.53. The van der Waals surface area contributed by atoms with Crippen molar-refractivity contribution >= 4 is 10.0 Å². The van der Waals surface area contributed by atoms with Gasteiger partial charge in [-0.3, -0.25) is 0 Å². The smallest absolute Gasteiger partial charge is 0.243 e. The van der Waals surface area contributed by atoms with Gasteiger partial charge in [0.1, 0.15) is 0 Å². The molecule has 2 aromatic rings. The molecule has 2 aromatic carbocycles. The molecule has 0 bridgehead atoms. The van der Waals surface area contributed by atoms with Crippen LogP contribution < -0.4 is 0 Å². The molecule has 0 radical (unpaired) electrons. The molecule has 3 rings (SSSR count). The molecule has 1 saturated heterocycles. The lowest BCUT2D eigenvalue weighted by atomic mass is 10.1. The van der Waals surface area contributed by atoms with Gasteiger partial charge in [0.15, 0.2) is 0 Å². The van der Waals surface area contributed by atoms with E-state index in [1.807, 2.05) is 49.4 Å². The minimum atomic E-state index is -3.51. The van der Waals surface area contributed by atoms with Gasteiger partial charge in [-0.2, -0.15) is 4.31 Å². The third-order valence-electron chi connectivity index (χ3n) is 4.37. The minimum Gasteiger partial charge on any atom is -0.368 e. The first-order valence-electron chi connectivity index (χ1n) is 8.30. The van der Waals surface area contributed by atoms with E-state index in [1.54, 1.807) is 16.4 Å². The maximum absolute atomic E-state index is 13.0. The van der Waals surface area contributed by atoms with Crippen LogP contribution in [0, 0.1) is 0 Å². The maximum Gasteiger partial charge on any atom is 0.243 e. The highest BCUT2D eigenvalue weighted by atomic mass is 32.2. The molecule has 1 fully saturated rings. The van der Waals surface area contributed by atoms with Gasteiger partial charge in [0.2, 0.25) is 10.0 Å². The number of nitrogens with zero attached hydrogens (tertiary/aromatic N) is 1. The Morgan fingerprint density at radius 3 is 2.33 bits per heavy atom. The molecular formula is C19H23NO3S. The molecule has 0 aliphatic carbocycles. The Balaban J connectivity index is 1.86. The number of morpholine rings is 1. The van der Waals surface area contributed by atoms with E-state index in [4.69, 9.17) is 4.74 Å². The van der Waals surface area contributed by atoms with Crippen LogP contribution in [-0.4, -0.2) is 31.9 Å². The highest BCUT2D eigenvalue weighted by molar-refractivity contribution is 7.89. The standard InChI is InChI=1S/C19H23NO3S/c1-3-16-9-11-18(12-10-16)24(21,22)20-13-15(2)23-19(14-20)17-7-5-4-6-8-17/h4-12,15,19H,3,13-14H2,1-2H3. The van der Waals surface area contributed by atoms with Crippen LogP contribution in [-0.2, 0) is 21.2 Å². The topological polar surface area (TPSA) is 46.6 Å². The Bertz CT molecular complexity index is 772. The quantitative estimate of drug-likeness (QED) is 0.853. The van der Waals surface area contributed by atoms with Gasteiger partial charge in [0, 0.05) is 13.1 Å². The van der Waals surface area contributed by atoms with Crippen LogP contribution in [0.1, 0.15) is 31.1 Å². The van der Waals surface area contributed by atoms with Crippen LogP contribution in [0.25, 0.3) is 0 Å². The fraction of sp³-hybridized carbons (Fsp3) is 0.368. The zero-order chi connectivity index (χ0) is 17.2. The first-order chi connectivity index (χ1) is 11.5. The van der Waals surface area contributed by atoms with Gasteiger partial charge in [0.05, 0.1) is 17.1 Å². The summed E-state index contributed by atoms with van der Waals surface area (Å²) >= 11 is 0. The molecule has 128 valence electrons. The van der Waals surface area contributed by atoms with Gasteiger partial charge in [-0.05, 0) is 36.6 Å². The van der Waals surface area contributed by atoms with Crippen LogP contribution >= 0.6 is 0 Å². The summed E-state index contributed by atoms with van der Waals surface area (Å²) in [7, 11) is -3.51. The van der Waals surface area contributed by atoms with Crippen molar-refractivity contribution in [2.24, 2.45) is 0 Å². The Morgan fingerprint density at radius 1 is 1.04 bits per heavy atom. The highest BCUT2D eigenvalue weighted by Gasteiger charge is 2.34. The highest BCUT2D eigenvalue weighted by Crippen LogP contribution is 2.29. The number of rotatable bonds is 4. The number of ether oxygens (including phenoxy) is 1. The van der Waals surface area contributed by atoms with Crippen LogP contribution in [0.15, 0.2) is 59.5 Å². The van der Waals surface area contributed by atoms with E-state index in [0.717, 1.165) is 17.5 Å². The summed E-state index contributed by atoms with van der Waals surface area (Å²) in [5.74, 6) is 0. The molecule has 24 heavy (non-hydrogen) atoms. The van der Waals surface area contributed by atoms with Crippen molar-refractivity contribution < 1.29 is 13.2 Å². The summed E-state index contributed by atoms with van der Waals surface area (Å²) in [5.41, 5.74) is 2.14. The van der Waals surface area contributed by atoms with Crippen molar-refractivity contribution in [2.45, 2.75) is 37.4 Å². The van der Waals surface area contributed by atoms with Crippen molar-refractivity contribution in [3.63, 3.8) is 0 Å². The molecule has 1 aliphatic heterocycles. The van der Waals surface area contributed by atoms with Gasteiger partial charge < -0.3 is 4.74 Å². The molecule has 5 heteroatoms. The lowest BCUT2D eigenvalue weighted by Gasteiger charge is -2.36. The Hall–Kier alpha value is -1.69. The molecule has 2 atom stereocenters. The van der Waals surface area contributed by atoms with E-state index in [0.29, 0.717) is 18.0 Å². The average molecular weight is 345 g/mol. The summed E-state index contributed by atoms with van der Waals surface area (Å²) in [4.78, 5) is 0.348. The molecule has 0 saturated carbocycles. The van der Waals surface area contributed by atoms with Gasteiger partial charge >= 0.3 is 0 Å². The normalized spacial score (nSPS) is 22.4. The summed E-state index contributed by atoms with van der Waals surface area (Å²) in [5, 5.41) is 0. The van der Waals surface area contributed by atoms with Crippen LogP contribution in [0.4, 0.5) is 0 Å². The Kier molecular flexibility index (Phi) is 5.04. The predicted molar refractivity (Wildman–Crippen MR) is 94.3 cm³/mol. The number of hydrogen-bond acceptors (Lipinski definition) is 3. The first-order valence-corrected chi connectivity index (χ1v) is 9.74. The van der Waals surface area contributed by atoms with Crippen LogP contribution in [0.2, 0.25) is 0 Å². The SMILES string of the molecule is CCc1ccc(S(=O)(=O)N2CC(C)OC(c3ccccc3)C2)cc1. The molecule has 1 aliphatic rings. The number of sulfonamides is 1. The maximum atomic E-state index is 13.0. The zero-order valence-corrected chi connectivity index (χ0v) is 14.9. The van der Waals surface area contributed by atoms with E-state index in [-0.39, 0.29) is 12.2 Å². The van der Waals surface area contributed by atoms with Crippen molar-refractivity contribution in [2.75, 3.05) is 13.1 Å². The van der Waals surface area contributed by atoms with E-state index >= 15 is 0 Å². The number of benzene rings is 2. The molecule has 4 nitrogen and oxygen atoms in total. The molecule has 2 unspecified atom stereocenters. The van der Waals surface area contributed by atoms with Crippen molar-refractivity contribution in [1.82, 2.24) is 4.31 Å². The fourth-order valence-electron chi connectivity index (χ4n) is 3.01. The first kappa shape index (κ1) is 17.1. The van der Waals surface area contributed by atoms with Crippen molar-refractivity contribution in [1.29, 1.82) is 0 Å². The second kappa shape index (κ2) is 7.05. The average Bonchev–Trinajstić information content (AvgIpc) is 2.62. The molecule has 1 heterocycles. The summed E-state index contributed by atoms with van der Waals surface area (Å²) < 4.78 is 33.5. The van der Waals surface area contributed by atoms with E-state index in [9.17, 15) is 8.42 Å². The predicted octanol–water partition coefficient (Wildman–Crippen LogP) is 3.40. The fourth-order valence-corrected chi connectivity index (χ4v) is 4.52. The third-order valence-corrected chi connectivity index (χ3v) is 6.21. The number of aryl methyl sites for hydroxylation is 1. The van der Waals surface area contributed by atoms with Crippen molar-refractivity contribution in [3.8, 4) is 0 Å². The number of hydrogen-bond donors (Lipinski definition) is 0. The molecule has 0 amide bonds. The van der Waals surface area contributed by atoms with Crippen LogP contribution in [0.3, 0.4) is 0 Å². The lowest BCUT2D eigenvalue weighted by Crippen LogP contribution is -2.45. The zero-order valence-electron chi connectivity index (χ0n) is 14.1. The molecule has 0 aromatic heterocycles. The van der Waals surface area contributed by atoms with Gasteiger partial charge in [0.25, 0.3) is 0 Å². The Labute approximate surface area is 144 Å². The van der Waals surface area contributed by atoms with E-state index in [2.05, 4.69) is 6.92 Å². The van der Waals surface area contributed by atoms with Gasteiger partial charge in [-0.25, -0.2) is 8.42 Å². The minimum absolute atomic E-state index is 0.145.